The van der Waals surface area contributed by atoms with Crippen molar-refractivity contribution in [2.45, 2.75) is 43.7 Å². The number of benzene rings is 1. The maximum atomic E-state index is 14.6. The van der Waals surface area contributed by atoms with Crippen LogP contribution >= 0.6 is 0 Å². The van der Waals surface area contributed by atoms with Gasteiger partial charge in [-0.25, -0.2) is 9.37 Å². The number of nitrogens with two attached hydrogens (primary N) is 1. The molecule has 2 aliphatic rings. The van der Waals surface area contributed by atoms with Crippen molar-refractivity contribution in [1.82, 2.24) is 25.1 Å². The lowest BCUT2D eigenvalue weighted by molar-refractivity contribution is -0.149. The van der Waals surface area contributed by atoms with E-state index < -0.39 is 48.8 Å². The molecule has 14 heteroatoms. The lowest BCUT2D eigenvalue weighted by Crippen LogP contribution is -2.63. The van der Waals surface area contributed by atoms with E-state index in [0.717, 1.165) is 18.9 Å². The van der Waals surface area contributed by atoms with Crippen molar-refractivity contribution in [3.05, 3.63) is 48.3 Å². The molecule has 1 saturated heterocycles. The molecule has 0 radical (unpaired) electrons. The molecule has 1 aliphatic carbocycles. The number of carbonyl (C=O) groups excluding carboxylic acids is 3. The molecule has 1 aliphatic heterocycles. The summed E-state index contributed by atoms with van der Waals surface area (Å²) in [5.41, 5.74) is 4.79. The Morgan fingerprint density at radius 3 is 2.51 bits per heavy atom. The molecule has 6 N–H and O–H groups in total. The number of amides is 3. The number of imidazole rings is 1. The number of nitrogens with zero attached hydrogens (tertiary/aromatic N) is 4. The van der Waals surface area contributed by atoms with Crippen LogP contribution in [0.4, 0.5) is 4.39 Å². The molecule has 3 atom stereocenters. The maximum absolute atomic E-state index is 14.6. The van der Waals surface area contributed by atoms with Crippen LogP contribution in [-0.4, -0.2) is 81.1 Å². The quantitative estimate of drug-likeness (QED) is 0.269. The van der Waals surface area contributed by atoms with Gasteiger partial charge in [0.15, 0.2) is 0 Å². The Balaban J connectivity index is 0.00000186. The zero-order chi connectivity index (χ0) is 27.1. The van der Waals surface area contributed by atoms with E-state index in [-0.39, 0.29) is 23.5 Å². The van der Waals surface area contributed by atoms with Crippen LogP contribution in [0.25, 0.3) is 5.69 Å². The minimum absolute atomic E-state index is 0.0575. The number of likely N-dealkylation sites (tertiary alicyclic amines) is 1. The molecule has 37 heavy (non-hydrogen) atoms. The van der Waals surface area contributed by atoms with Crippen molar-refractivity contribution < 1.29 is 28.8 Å². The standard InChI is InChI=1S/C22H24BFN6O5.CH5N/c24-16-9-14(3-4-17(16)29-8-6-26-12-29)20(31)28-19(13-1-2-13)22(33)30-7-5-18(30)21(32)27-15(11-25)10-23(34)35;1-2/h3-4,6,8-9,12-13,15,18-19,34-35H,1-2,5,7,10H2,(H,27,32)(H,28,31);2H2,1H3. The van der Waals surface area contributed by atoms with E-state index in [4.69, 9.17) is 15.3 Å². The highest BCUT2D eigenvalue weighted by Crippen LogP contribution is 2.35. The van der Waals surface area contributed by atoms with Crippen molar-refractivity contribution in [3.63, 3.8) is 0 Å². The van der Waals surface area contributed by atoms with Gasteiger partial charge >= 0.3 is 7.12 Å². The third-order valence-corrected chi connectivity index (χ3v) is 6.16. The van der Waals surface area contributed by atoms with Gasteiger partial charge in [-0.15, -0.1) is 0 Å². The Kier molecular flexibility index (Phi) is 9.34. The fourth-order valence-electron chi connectivity index (χ4n) is 4.02. The summed E-state index contributed by atoms with van der Waals surface area (Å²) in [6.45, 7) is 0.310. The number of carbonyl (C=O) groups is 3. The van der Waals surface area contributed by atoms with Gasteiger partial charge in [-0.05, 0) is 50.4 Å². The van der Waals surface area contributed by atoms with E-state index in [0.29, 0.717) is 13.0 Å². The van der Waals surface area contributed by atoms with Crippen LogP contribution in [0.5, 0.6) is 0 Å². The summed E-state index contributed by atoms with van der Waals surface area (Å²) >= 11 is 0. The van der Waals surface area contributed by atoms with Crippen LogP contribution in [0.2, 0.25) is 6.32 Å². The molecule has 0 bridgehead atoms. The SMILES string of the molecule is CN.N#CC(CB(O)O)NC(=O)C1CCN1C(=O)C(NC(=O)c1ccc(-n2ccnc2)c(F)c1)C1CC1. The number of hydrogen-bond acceptors (Lipinski definition) is 8. The third kappa shape index (κ3) is 6.70. The van der Waals surface area contributed by atoms with Crippen LogP contribution in [0.3, 0.4) is 0 Å². The molecule has 0 spiro atoms. The molecule has 2 fully saturated rings. The highest BCUT2D eigenvalue weighted by molar-refractivity contribution is 6.41. The van der Waals surface area contributed by atoms with Gasteiger partial charge < -0.3 is 35.9 Å². The number of aromatic nitrogens is 2. The van der Waals surface area contributed by atoms with Crippen molar-refractivity contribution in [2.75, 3.05) is 13.6 Å². The molecule has 1 saturated carbocycles. The lowest BCUT2D eigenvalue weighted by Gasteiger charge is -2.42. The first-order valence-corrected chi connectivity index (χ1v) is 11.8. The smallest absolute Gasteiger partial charge is 0.427 e. The van der Waals surface area contributed by atoms with Crippen LogP contribution in [0.1, 0.15) is 29.6 Å². The molecule has 4 rings (SSSR count). The third-order valence-electron chi connectivity index (χ3n) is 6.16. The Labute approximate surface area is 213 Å². The Morgan fingerprint density at radius 1 is 1.27 bits per heavy atom. The monoisotopic (exact) mass is 513 g/mol. The van der Waals surface area contributed by atoms with E-state index in [1.807, 2.05) is 0 Å². The molecule has 2 heterocycles. The minimum atomic E-state index is -1.76. The molecule has 3 unspecified atom stereocenters. The van der Waals surface area contributed by atoms with Crippen LogP contribution in [-0.2, 0) is 9.59 Å². The van der Waals surface area contributed by atoms with Crippen LogP contribution in [0.15, 0.2) is 36.9 Å². The van der Waals surface area contributed by atoms with Gasteiger partial charge in [0.25, 0.3) is 5.91 Å². The number of nitriles is 1. The fraction of sp³-hybridized carbons (Fsp3) is 0.435. The highest BCUT2D eigenvalue weighted by atomic mass is 19.1. The summed E-state index contributed by atoms with van der Waals surface area (Å²) < 4.78 is 16.1. The zero-order valence-corrected chi connectivity index (χ0v) is 20.2. The van der Waals surface area contributed by atoms with Crippen molar-refractivity contribution in [3.8, 4) is 11.8 Å². The molecule has 2 aromatic rings. The minimum Gasteiger partial charge on any atom is -0.427 e. The maximum Gasteiger partial charge on any atom is 0.454 e. The number of rotatable bonds is 9. The van der Waals surface area contributed by atoms with E-state index >= 15 is 0 Å². The second kappa shape index (κ2) is 12.4. The van der Waals surface area contributed by atoms with E-state index in [9.17, 15) is 18.8 Å². The highest BCUT2D eigenvalue weighted by Gasteiger charge is 2.46. The van der Waals surface area contributed by atoms with Gasteiger partial charge in [0.05, 0.1) is 18.1 Å². The molecule has 3 amide bonds. The Bertz CT molecular complexity index is 1150. The predicted octanol–water partition coefficient (Wildman–Crippen LogP) is -0.823. The summed E-state index contributed by atoms with van der Waals surface area (Å²) in [5, 5.41) is 32.3. The number of nitrogens with one attached hydrogen (secondary N) is 2. The van der Waals surface area contributed by atoms with Crippen molar-refractivity contribution in [2.24, 2.45) is 11.7 Å². The normalized spacial score (nSPS) is 17.7. The fourth-order valence-corrected chi connectivity index (χ4v) is 4.02. The first-order chi connectivity index (χ1) is 17.8. The van der Waals surface area contributed by atoms with Gasteiger partial charge in [0.1, 0.15) is 23.9 Å². The number of hydrogen-bond donors (Lipinski definition) is 5. The number of halogens is 1. The largest absolute Gasteiger partial charge is 0.454 e. The Morgan fingerprint density at radius 2 is 2.00 bits per heavy atom. The summed E-state index contributed by atoms with van der Waals surface area (Å²) in [4.78, 5) is 43.8. The van der Waals surface area contributed by atoms with E-state index in [1.165, 1.54) is 41.2 Å². The summed E-state index contributed by atoms with van der Waals surface area (Å²) in [7, 11) is -0.257. The van der Waals surface area contributed by atoms with Crippen molar-refractivity contribution >= 4 is 24.8 Å². The van der Waals surface area contributed by atoms with E-state index in [2.05, 4.69) is 21.4 Å². The molecule has 1 aromatic carbocycles. The Hall–Kier alpha value is -3.80. The zero-order valence-electron chi connectivity index (χ0n) is 20.2. The summed E-state index contributed by atoms with van der Waals surface area (Å²) in [6.07, 6.45) is 6.00. The first kappa shape index (κ1) is 27.8. The lowest BCUT2D eigenvalue weighted by atomic mass is 9.82. The van der Waals surface area contributed by atoms with E-state index in [1.54, 1.807) is 12.3 Å². The average molecular weight is 513 g/mol. The van der Waals surface area contributed by atoms with Gasteiger partial charge in [0.2, 0.25) is 11.8 Å². The molecule has 12 nitrogen and oxygen atoms in total. The van der Waals surface area contributed by atoms with Crippen LogP contribution < -0.4 is 16.4 Å². The summed E-state index contributed by atoms with van der Waals surface area (Å²) in [5.74, 6) is -2.30. The van der Waals surface area contributed by atoms with Crippen molar-refractivity contribution in [1.29, 1.82) is 5.26 Å². The molecule has 196 valence electrons. The topological polar surface area (TPSA) is 187 Å². The average Bonchev–Trinajstić information content (AvgIpc) is 3.55. The molecule has 1 aromatic heterocycles. The van der Waals surface area contributed by atoms with Gasteiger partial charge in [0, 0.05) is 30.8 Å². The van der Waals surface area contributed by atoms with Gasteiger partial charge in [-0.3, -0.25) is 14.4 Å². The second-order valence-corrected chi connectivity index (χ2v) is 8.67. The first-order valence-electron chi connectivity index (χ1n) is 11.8. The molecular weight excluding hydrogens is 484 g/mol. The predicted molar refractivity (Wildman–Crippen MR) is 130 cm³/mol. The van der Waals surface area contributed by atoms with Gasteiger partial charge in [-0.1, -0.05) is 0 Å². The molecular formula is C23H29BFN7O5. The van der Waals surface area contributed by atoms with Gasteiger partial charge in [-0.2, -0.15) is 5.26 Å². The second-order valence-electron chi connectivity index (χ2n) is 8.67. The summed E-state index contributed by atoms with van der Waals surface area (Å²) in [6, 6.07) is 2.98. The van der Waals surface area contributed by atoms with Crippen LogP contribution in [0, 0.1) is 23.1 Å².